The number of H-pyrrole nitrogens is 1. The Morgan fingerprint density at radius 3 is 2.52 bits per heavy atom. The van der Waals surface area contributed by atoms with Crippen LogP contribution in [0.1, 0.15) is 0 Å². The number of pyridine rings is 2. The van der Waals surface area contributed by atoms with Gasteiger partial charge in [-0.25, -0.2) is 4.98 Å². The van der Waals surface area contributed by atoms with E-state index in [0.29, 0.717) is 11.4 Å². The zero-order chi connectivity index (χ0) is 19.8. The smallest absolute Gasteiger partial charge is 0.258 e. The monoisotopic (exact) mass is 378 g/mol. The standard InChI is InChI=1S/C24H18N4O/c1-28-21-12-5-9-18(22(21)27-23(28)19-10-6-14-26-24(19)29)16-7-4-8-17(15-16)20-11-2-3-13-25-20/h2-15H,1H3,(H,26,29). The van der Waals surface area contributed by atoms with Crippen LogP contribution in [0.4, 0.5) is 0 Å². The van der Waals surface area contributed by atoms with Gasteiger partial charge in [0, 0.05) is 30.6 Å². The molecule has 0 radical (unpaired) electrons. The molecule has 1 N–H and O–H groups in total. The van der Waals surface area contributed by atoms with Crippen molar-refractivity contribution >= 4 is 11.0 Å². The predicted octanol–water partition coefficient (Wildman–Crippen LogP) is 4.66. The molecule has 29 heavy (non-hydrogen) atoms. The predicted molar refractivity (Wildman–Crippen MR) is 115 cm³/mol. The van der Waals surface area contributed by atoms with E-state index in [1.807, 2.05) is 54.1 Å². The highest BCUT2D eigenvalue weighted by Gasteiger charge is 2.16. The van der Waals surface area contributed by atoms with Crippen LogP contribution in [0.5, 0.6) is 0 Å². The zero-order valence-electron chi connectivity index (χ0n) is 15.8. The molecule has 0 aliphatic carbocycles. The maximum absolute atomic E-state index is 12.3. The Kier molecular flexibility index (Phi) is 4.06. The molecule has 0 atom stereocenters. The number of nitrogens with one attached hydrogen (secondary N) is 1. The molecule has 5 heteroatoms. The summed E-state index contributed by atoms with van der Waals surface area (Å²) in [6, 6.07) is 23.9. The summed E-state index contributed by atoms with van der Waals surface area (Å²) in [5, 5.41) is 0. The third-order valence-corrected chi connectivity index (χ3v) is 5.10. The quantitative estimate of drug-likeness (QED) is 0.497. The van der Waals surface area contributed by atoms with Crippen LogP contribution in [-0.2, 0) is 7.05 Å². The van der Waals surface area contributed by atoms with Crippen LogP contribution in [0.3, 0.4) is 0 Å². The van der Waals surface area contributed by atoms with Crippen molar-refractivity contribution in [1.29, 1.82) is 0 Å². The molecule has 0 spiro atoms. The van der Waals surface area contributed by atoms with E-state index in [1.54, 1.807) is 18.5 Å². The van der Waals surface area contributed by atoms with Crippen LogP contribution in [0.2, 0.25) is 0 Å². The van der Waals surface area contributed by atoms with Crippen molar-refractivity contribution in [3.63, 3.8) is 0 Å². The third-order valence-electron chi connectivity index (χ3n) is 5.10. The molecule has 0 fully saturated rings. The first-order chi connectivity index (χ1) is 14.2. The van der Waals surface area contributed by atoms with Gasteiger partial charge in [0.25, 0.3) is 5.56 Å². The summed E-state index contributed by atoms with van der Waals surface area (Å²) < 4.78 is 1.96. The van der Waals surface area contributed by atoms with Gasteiger partial charge in [-0.2, -0.15) is 0 Å². The van der Waals surface area contributed by atoms with Crippen LogP contribution in [0.25, 0.3) is 44.8 Å². The fourth-order valence-electron chi connectivity index (χ4n) is 3.67. The van der Waals surface area contributed by atoms with Crippen molar-refractivity contribution in [1.82, 2.24) is 19.5 Å². The number of benzene rings is 2. The molecular formula is C24H18N4O. The van der Waals surface area contributed by atoms with E-state index in [0.717, 1.165) is 33.4 Å². The van der Waals surface area contributed by atoms with Crippen LogP contribution < -0.4 is 5.56 Å². The Morgan fingerprint density at radius 2 is 1.69 bits per heavy atom. The summed E-state index contributed by atoms with van der Waals surface area (Å²) in [6.07, 6.45) is 3.42. The molecule has 140 valence electrons. The summed E-state index contributed by atoms with van der Waals surface area (Å²) in [4.78, 5) is 24.3. The molecule has 0 aliphatic rings. The van der Waals surface area contributed by atoms with E-state index < -0.39 is 0 Å². The lowest BCUT2D eigenvalue weighted by molar-refractivity contribution is 0.954. The summed E-state index contributed by atoms with van der Waals surface area (Å²) >= 11 is 0. The highest BCUT2D eigenvalue weighted by Crippen LogP contribution is 2.32. The number of aryl methyl sites for hydroxylation is 1. The van der Waals surface area contributed by atoms with E-state index in [-0.39, 0.29) is 5.56 Å². The van der Waals surface area contributed by atoms with Crippen LogP contribution in [0, 0.1) is 0 Å². The van der Waals surface area contributed by atoms with Gasteiger partial charge in [-0.05, 0) is 42.0 Å². The molecule has 2 aromatic carbocycles. The molecule has 5 rings (SSSR count). The average Bonchev–Trinajstić information content (AvgIpc) is 3.11. The number of imidazole rings is 1. The van der Waals surface area contributed by atoms with Crippen molar-refractivity contribution in [2.75, 3.05) is 0 Å². The SMILES string of the molecule is Cn1c(-c2ccc[nH]c2=O)nc2c(-c3cccc(-c4ccccn4)c3)cccc21. The molecule has 0 aliphatic heterocycles. The Balaban J connectivity index is 1.70. The number of aromatic nitrogens is 4. The van der Waals surface area contributed by atoms with Gasteiger partial charge in [0.05, 0.1) is 22.3 Å². The number of aromatic amines is 1. The largest absolute Gasteiger partial charge is 0.328 e. The molecule has 5 aromatic rings. The van der Waals surface area contributed by atoms with Crippen LogP contribution >= 0.6 is 0 Å². The van der Waals surface area contributed by atoms with E-state index in [9.17, 15) is 4.79 Å². The molecule has 0 unspecified atom stereocenters. The highest BCUT2D eigenvalue weighted by molar-refractivity contribution is 5.94. The first kappa shape index (κ1) is 17.1. The Bertz CT molecular complexity index is 1380. The minimum Gasteiger partial charge on any atom is -0.328 e. The molecule has 3 heterocycles. The van der Waals surface area contributed by atoms with Crippen molar-refractivity contribution in [3.05, 3.63) is 95.5 Å². The molecule has 5 nitrogen and oxygen atoms in total. The number of nitrogens with zero attached hydrogens (tertiary/aromatic N) is 3. The number of rotatable bonds is 3. The van der Waals surface area contributed by atoms with Gasteiger partial charge in [0.2, 0.25) is 0 Å². The Hall–Kier alpha value is -3.99. The second kappa shape index (κ2) is 6.87. The van der Waals surface area contributed by atoms with Crippen molar-refractivity contribution < 1.29 is 0 Å². The summed E-state index contributed by atoms with van der Waals surface area (Å²) in [6.45, 7) is 0. The number of fused-ring (bicyclic) bond motifs is 1. The highest BCUT2D eigenvalue weighted by atomic mass is 16.1. The summed E-state index contributed by atoms with van der Waals surface area (Å²) in [5.41, 5.74) is 6.31. The number of hydrogen-bond donors (Lipinski definition) is 1. The Morgan fingerprint density at radius 1 is 0.862 bits per heavy atom. The second-order valence-corrected chi connectivity index (χ2v) is 6.88. The first-order valence-electron chi connectivity index (χ1n) is 9.38. The number of hydrogen-bond acceptors (Lipinski definition) is 3. The minimum absolute atomic E-state index is 0.149. The third kappa shape index (κ3) is 2.93. The number of para-hydroxylation sites is 1. The maximum atomic E-state index is 12.3. The van der Waals surface area contributed by atoms with Crippen LogP contribution in [-0.4, -0.2) is 19.5 Å². The lowest BCUT2D eigenvalue weighted by atomic mass is 10.0. The fourth-order valence-corrected chi connectivity index (χ4v) is 3.67. The topological polar surface area (TPSA) is 63.6 Å². The second-order valence-electron chi connectivity index (χ2n) is 6.88. The lowest BCUT2D eigenvalue weighted by Crippen LogP contribution is -2.09. The van der Waals surface area contributed by atoms with Gasteiger partial charge in [0.1, 0.15) is 5.82 Å². The summed E-state index contributed by atoms with van der Waals surface area (Å²) in [7, 11) is 1.94. The fraction of sp³-hybridized carbons (Fsp3) is 0.0417. The zero-order valence-corrected chi connectivity index (χ0v) is 15.8. The van der Waals surface area contributed by atoms with Gasteiger partial charge >= 0.3 is 0 Å². The molecule has 3 aromatic heterocycles. The molecule has 0 bridgehead atoms. The van der Waals surface area contributed by atoms with Gasteiger partial charge in [-0.1, -0.05) is 36.4 Å². The lowest BCUT2D eigenvalue weighted by Gasteiger charge is -2.06. The van der Waals surface area contributed by atoms with E-state index in [1.165, 1.54) is 0 Å². The van der Waals surface area contributed by atoms with Crippen molar-refractivity contribution in [2.45, 2.75) is 0 Å². The molecule has 0 saturated carbocycles. The van der Waals surface area contributed by atoms with Crippen molar-refractivity contribution in [2.24, 2.45) is 7.05 Å². The van der Waals surface area contributed by atoms with Crippen LogP contribution in [0.15, 0.2) is 90.0 Å². The van der Waals surface area contributed by atoms with Crippen molar-refractivity contribution in [3.8, 4) is 33.8 Å². The van der Waals surface area contributed by atoms with E-state index >= 15 is 0 Å². The van der Waals surface area contributed by atoms with Gasteiger partial charge < -0.3 is 9.55 Å². The normalized spacial score (nSPS) is 11.1. The molecule has 0 amide bonds. The van der Waals surface area contributed by atoms with Gasteiger partial charge in [-0.3, -0.25) is 9.78 Å². The summed E-state index contributed by atoms with van der Waals surface area (Å²) in [5.74, 6) is 0.648. The first-order valence-corrected chi connectivity index (χ1v) is 9.38. The average molecular weight is 378 g/mol. The Labute approximate surface area is 167 Å². The van der Waals surface area contributed by atoms with E-state index in [4.69, 9.17) is 4.98 Å². The molecule has 0 saturated heterocycles. The van der Waals surface area contributed by atoms with Gasteiger partial charge in [-0.15, -0.1) is 0 Å². The van der Waals surface area contributed by atoms with E-state index in [2.05, 4.69) is 34.2 Å². The maximum Gasteiger partial charge on any atom is 0.258 e. The minimum atomic E-state index is -0.149. The van der Waals surface area contributed by atoms with Gasteiger partial charge in [0.15, 0.2) is 0 Å². The molecular weight excluding hydrogens is 360 g/mol.